The Bertz CT molecular complexity index is 1440. The average molecular weight is 567 g/mol. The van der Waals surface area contributed by atoms with Gasteiger partial charge in [-0.3, -0.25) is 8.98 Å². The van der Waals surface area contributed by atoms with Gasteiger partial charge in [-0.25, -0.2) is 4.68 Å². The fourth-order valence-corrected chi connectivity index (χ4v) is 5.46. The van der Waals surface area contributed by atoms with Crippen molar-refractivity contribution in [2.24, 2.45) is 5.92 Å². The summed E-state index contributed by atoms with van der Waals surface area (Å²) in [6.45, 7) is 1.55. The van der Waals surface area contributed by atoms with Gasteiger partial charge >= 0.3 is 6.18 Å². The first-order valence-corrected chi connectivity index (χ1v) is 13.8. The number of hydrogen-bond acceptors (Lipinski definition) is 7. The van der Waals surface area contributed by atoms with Crippen LogP contribution in [0.1, 0.15) is 42.4 Å². The van der Waals surface area contributed by atoms with Crippen LogP contribution in [0.4, 0.5) is 13.2 Å². The smallest absolute Gasteiger partial charge is 0.425 e. The molecule has 12 heteroatoms. The maximum absolute atomic E-state index is 14.0. The molecule has 0 bridgehead atoms. The molecule has 0 spiro atoms. The Morgan fingerprint density at radius 3 is 2.38 bits per heavy atom. The van der Waals surface area contributed by atoms with Gasteiger partial charge < -0.3 is 9.47 Å². The molecule has 3 aromatic rings. The first kappa shape index (κ1) is 28.6. The molecule has 0 aliphatic heterocycles. The number of methoxy groups -OCH3 is 1. The third kappa shape index (κ3) is 7.18. The van der Waals surface area contributed by atoms with Crippen molar-refractivity contribution < 1.29 is 35.2 Å². The Kier molecular flexibility index (Phi) is 8.65. The lowest BCUT2D eigenvalue weighted by molar-refractivity contribution is -0.141. The number of rotatable bonds is 9. The number of nitrogens with zero attached hydrogens (tertiary/aromatic N) is 2. The molecule has 1 fully saturated rings. The van der Waals surface area contributed by atoms with Crippen LogP contribution in [0.15, 0.2) is 64.4 Å². The third-order valence-corrected chi connectivity index (χ3v) is 7.88. The van der Waals surface area contributed by atoms with Crippen LogP contribution in [0.3, 0.4) is 0 Å². The molecule has 2 atom stereocenters. The van der Waals surface area contributed by atoms with Crippen LogP contribution in [0.2, 0.25) is 0 Å². The van der Waals surface area contributed by atoms with Crippen molar-refractivity contribution in [2.45, 2.75) is 56.3 Å². The topological polar surface area (TPSA) is 96.7 Å². The number of halogens is 3. The zero-order valence-electron chi connectivity index (χ0n) is 21.5. The van der Waals surface area contributed by atoms with Crippen molar-refractivity contribution in [3.8, 4) is 11.5 Å². The van der Waals surface area contributed by atoms with E-state index in [1.807, 2.05) is 6.92 Å². The van der Waals surface area contributed by atoms with Crippen molar-refractivity contribution in [1.82, 2.24) is 9.78 Å². The summed E-state index contributed by atoms with van der Waals surface area (Å²) in [5.74, 6) is -0.318. The van der Waals surface area contributed by atoms with Gasteiger partial charge in [0.1, 0.15) is 5.75 Å². The summed E-state index contributed by atoms with van der Waals surface area (Å²) in [5.41, 5.74) is -1.26. The Labute approximate surface area is 224 Å². The van der Waals surface area contributed by atoms with E-state index in [9.17, 15) is 26.4 Å². The van der Waals surface area contributed by atoms with E-state index >= 15 is 0 Å². The molecule has 0 radical (unpaired) electrons. The maximum atomic E-state index is 14.0. The second-order valence-corrected chi connectivity index (χ2v) is 11.1. The molecule has 39 heavy (non-hydrogen) atoms. The van der Waals surface area contributed by atoms with Crippen LogP contribution in [-0.4, -0.2) is 38.0 Å². The molecule has 1 aromatic heterocycles. The Balaban J connectivity index is 1.46. The zero-order valence-corrected chi connectivity index (χ0v) is 22.3. The van der Waals surface area contributed by atoms with Crippen LogP contribution >= 0.6 is 0 Å². The van der Waals surface area contributed by atoms with E-state index in [1.165, 1.54) is 19.2 Å². The van der Waals surface area contributed by atoms with Crippen molar-refractivity contribution in [1.29, 1.82) is 0 Å². The van der Waals surface area contributed by atoms with Gasteiger partial charge in [0.2, 0.25) is 0 Å². The predicted molar refractivity (Wildman–Crippen MR) is 136 cm³/mol. The number of aromatic nitrogens is 2. The highest BCUT2D eigenvalue weighted by Crippen LogP contribution is 2.36. The van der Waals surface area contributed by atoms with Crippen LogP contribution in [0, 0.1) is 12.8 Å². The number of alkyl halides is 3. The fourth-order valence-electron chi connectivity index (χ4n) is 4.48. The molecule has 0 N–H and O–H groups in total. The van der Waals surface area contributed by atoms with Gasteiger partial charge in [-0.15, -0.1) is 0 Å². The Hall–Kier alpha value is -3.38. The zero-order chi connectivity index (χ0) is 28.2. The van der Waals surface area contributed by atoms with Crippen LogP contribution in [-0.2, 0) is 27.0 Å². The Morgan fingerprint density at radius 1 is 1.05 bits per heavy atom. The summed E-state index contributed by atoms with van der Waals surface area (Å²) in [7, 11) is -2.48. The van der Waals surface area contributed by atoms with Gasteiger partial charge in [0, 0.05) is 0 Å². The first-order chi connectivity index (χ1) is 18.5. The lowest BCUT2D eigenvalue weighted by Gasteiger charge is -2.30. The van der Waals surface area contributed by atoms with Gasteiger partial charge in [0.15, 0.2) is 11.3 Å². The molecular formula is C27H29F3N2O6S. The molecule has 1 saturated carbocycles. The standard InChI is InChI=1S/C27H29F3N2O6S/c1-18-6-12-23(13-7-18)39(34,35)37-17-20-4-3-5-22(14-20)38-24-15-31-32(26(33)25(24)27(28,29)30)16-19-8-10-21(36-2)11-9-19/h6-13,15,20,22H,3-5,14,16-17H2,1-2H3/t20-,22+/m1/s1. The highest BCUT2D eigenvalue weighted by molar-refractivity contribution is 7.86. The van der Waals surface area contributed by atoms with Crippen LogP contribution < -0.4 is 15.0 Å². The van der Waals surface area contributed by atoms with E-state index in [-0.39, 0.29) is 30.4 Å². The minimum absolute atomic E-state index is 0.0350. The van der Waals surface area contributed by atoms with Crippen molar-refractivity contribution >= 4 is 10.1 Å². The highest BCUT2D eigenvalue weighted by atomic mass is 32.2. The minimum Gasteiger partial charge on any atom is -0.497 e. The second-order valence-electron chi connectivity index (χ2n) is 9.52. The number of hydrogen-bond donors (Lipinski definition) is 0. The minimum atomic E-state index is -4.96. The molecule has 8 nitrogen and oxygen atoms in total. The average Bonchev–Trinajstić information content (AvgIpc) is 2.89. The van der Waals surface area contributed by atoms with E-state index in [0.29, 0.717) is 30.6 Å². The normalized spacial score (nSPS) is 18.1. The molecule has 1 heterocycles. The quantitative estimate of drug-likeness (QED) is 0.338. The number of ether oxygens (including phenoxy) is 2. The summed E-state index contributed by atoms with van der Waals surface area (Å²) in [4.78, 5) is 12.9. The van der Waals surface area contributed by atoms with E-state index in [1.54, 1.807) is 36.4 Å². The maximum Gasteiger partial charge on any atom is 0.425 e. The number of aryl methyl sites for hydroxylation is 1. The third-order valence-electron chi connectivity index (χ3n) is 6.58. The van der Waals surface area contributed by atoms with Crippen molar-refractivity contribution in [3.05, 3.63) is 81.8 Å². The molecule has 210 valence electrons. The largest absolute Gasteiger partial charge is 0.497 e. The van der Waals surface area contributed by atoms with E-state index < -0.39 is 39.3 Å². The summed E-state index contributed by atoms with van der Waals surface area (Å²) < 4.78 is 83.7. The van der Waals surface area contributed by atoms with Gasteiger partial charge in [0.25, 0.3) is 15.7 Å². The van der Waals surface area contributed by atoms with Crippen molar-refractivity contribution in [2.75, 3.05) is 13.7 Å². The van der Waals surface area contributed by atoms with E-state index in [2.05, 4.69) is 5.10 Å². The van der Waals surface area contributed by atoms with Gasteiger partial charge in [-0.1, -0.05) is 29.8 Å². The monoisotopic (exact) mass is 566 g/mol. The summed E-state index contributed by atoms with van der Waals surface area (Å²) in [6, 6.07) is 12.8. The number of benzene rings is 2. The van der Waals surface area contributed by atoms with E-state index in [0.717, 1.165) is 16.4 Å². The van der Waals surface area contributed by atoms with E-state index in [4.69, 9.17) is 13.7 Å². The molecule has 1 aliphatic carbocycles. The predicted octanol–water partition coefficient (Wildman–Crippen LogP) is 4.97. The van der Waals surface area contributed by atoms with Gasteiger partial charge in [-0.05, 0) is 68.4 Å². The second kappa shape index (κ2) is 11.8. The molecular weight excluding hydrogens is 537 g/mol. The van der Waals surface area contributed by atoms with Gasteiger partial charge in [-0.2, -0.15) is 26.7 Å². The molecule has 2 aromatic carbocycles. The molecule has 0 unspecified atom stereocenters. The summed E-state index contributed by atoms with van der Waals surface area (Å²) in [6.07, 6.45) is -2.74. The lowest BCUT2D eigenvalue weighted by Crippen LogP contribution is -2.34. The molecule has 0 amide bonds. The SMILES string of the molecule is COc1ccc(Cn2ncc(O[C@H]3CCC[C@@H](COS(=O)(=O)c4ccc(C)cc4)C3)c(C(F)(F)F)c2=O)cc1. The fraction of sp³-hybridized carbons (Fsp3) is 0.407. The highest BCUT2D eigenvalue weighted by Gasteiger charge is 2.40. The molecule has 4 rings (SSSR count). The summed E-state index contributed by atoms with van der Waals surface area (Å²) in [5, 5.41) is 3.93. The molecule has 0 saturated heterocycles. The van der Waals surface area contributed by atoms with Crippen molar-refractivity contribution in [3.63, 3.8) is 0 Å². The lowest BCUT2D eigenvalue weighted by atomic mass is 9.88. The van der Waals surface area contributed by atoms with Crippen LogP contribution in [0.25, 0.3) is 0 Å². The molecule has 1 aliphatic rings. The Morgan fingerprint density at radius 2 is 1.74 bits per heavy atom. The van der Waals surface area contributed by atoms with Gasteiger partial charge in [0.05, 0.1) is 37.5 Å². The van der Waals surface area contributed by atoms with Crippen LogP contribution in [0.5, 0.6) is 11.5 Å². The summed E-state index contributed by atoms with van der Waals surface area (Å²) >= 11 is 0. The first-order valence-electron chi connectivity index (χ1n) is 12.4.